The number of aromatic nitrogens is 2. The van der Waals surface area contributed by atoms with Crippen LogP contribution < -0.4 is 5.32 Å². The molecule has 0 bridgehead atoms. The minimum atomic E-state index is -0.995. The molecule has 0 aliphatic rings. The average molecular weight is 266 g/mol. The maximum absolute atomic E-state index is 11.1. The van der Waals surface area contributed by atoms with Crippen LogP contribution in [0, 0.1) is 5.92 Å². The van der Waals surface area contributed by atoms with Crippen molar-refractivity contribution in [2.24, 2.45) is 5.92 Å². The SMILES string of the molecule is CC(C)CC(CN(C)C)Nc1nnccc1C(=O)O. The Hall–Kier alpha value is -1.69. The largest absolute Gasteiger partial charge is 0.478 e. The monoisotopic (exact) mass is 266 g/mol. The number of carbonyl (C=O) groups is 1. The van der Waals surface area contributed by atoms with E-state index < -0.39 is 5.97 Å². The maximum atomic E-state index is 11.1. The molecule has 0 aliphatic heterocycles. The van der Waals surface area contributed by atoms with E-state index in [1.165, 1.54) is 12.3 Å². The molecule has 0 fully saturated rings. The molecule has 0 saturated heterocycles. The number of nitrogens with zero attached hydrogens (tertiary/aromatic N) is 3. The summed E-state index contributed by atoms with van der Waals surface area (Å²) in [5.74, 6) is -0.143. The van der Waals surface area contributed by atoms with Crippen molar-refractivity contribution in [3.63, 3.8) is 0 Å². The topological polar surface area (TPSA) is 78.3 Å². The van der Waals surface area contributed by atoms with E-state index in [1.807, 2.05) is 14.1 Å². The first-order valence-electron chi connectivity index (χ1n) is 6.36. The predicted octanol–water partition coefficient (Wildman–Crippen LogP) is 1.56. The van der Waals surface area contributed by atoms with Crippen molar-refractivity contribution in [2.45, 2.75) is 26.3 Å². The van der Waals surface area contributed by atoms with Crippen molar-refractivity contribution in [3.05, 3.63) is 17.8 Å². The second-order valence-corrected chi connectivity index (χ2v) is 5.33. The maximum Gasteiger partial charge on any atom is 0.339 e. The van der Waals surface area contributed by atoms with Gasteiger partial charge in [-0.25, -0.2) is 4.79 Å². The molecule has 0 saturated carbocycles. The highest BCUT2D eigenvalue weighted by molar-refractivity contribution is 5.92. The molecule has 1 rings (SSSR count). The smallest absolute Gasteiger partial charge is 0.339 e. The van der Waals surface area contributed by atoms with Crippen LogP contribution in [0.4, 0.5) is 5.82 Å². The molecule has 1 aromatic heterocycles. The number of likely N-dealkylation sites (N-methyl/N-ethyl adjacent to an activating group) is 1. The minimum Gasteiger partial charge on any atom is -0.478 e. The van der Waals surface area contributed by atoms with Crippen molar-refractivity contribution < 1.29 is 9.90 Å². The van der Waals surface area contributed by atoms with Crippen molar-refractivity contribution in [1.29, 1.82) is 0 Å². The molecule has 1 atom stereocenters. The van der Waals surface area contributed by atoms with E-state index in [0.717, 1.165) is 13.0 Å². The molecule has 1 aromatic rings. The van der Waals surface area contributed by atoms with E-state index in [9.17, 15) is 4.79 Å². The number of nitrogens with one attached hydrogen (secondary N) is 1. The van der Waals surface area contributed by atoms with Crippen LogP contribution in [0.5, 0.6) is 0 Å². The van der Waals surface area contributed by atoms with Crippen molar-refractivity contribution in [3.8, 4) is 0 Å². The average Bonchev–Trinajstić information content (AvgIpc) is 2.27. The molecule has 6 nitrogen and oxygen atoms in total. The Morgan fingerprint density at radius 1 is 1.47 bits per heavy atom. The molecular formula is C13H22N4O2. The molecule has 0 amide bonds. The first-order valence-corrected chi connectivity index (χ1v) is 6.36. The van der Waals surface area contributed by atoms with Gasteiger partial charge >= 0.3 is 5.97 Å². The van der Waals surface area contributed by atoms with Crippen LogP contribution in [0.25, 0.3) is 0 Å². The minimum absolute atomic E-state index is 0.143. The lowest BCUT2D eigenvalue weighted by atomic mass is 10.0. The zero-order chi connectivity index (χ0) is 14.4. The Bertz CT molecular complexity index is 411. The molecule has 0 spiro atoms. The number of aromatic carboxylic acids is 1. The van der Waals surface area contributed by atoms with E-state index in [4.69, 9.17) is 5.11 Å². The van der Waals surface area contributed by atoms with E-state index in [1.54, 1.807) is 0 Å². The molecule has 6 heteroatoms. The number of rotatable bonds is 7. The van der Waals surface area contributed by atoms with Crippen molar-refractivity contribution in [2.75, 3.05) is 26.0 Å². The number of hydrogen-bond acceptors (Lipinski definition) is 5. The van der Waals surface area contributed by atoms with Crippen LogP contribution in [0.2, 0.25) is 0 Å². The second kappa shape index (κ2) is 7.04. The number of carboxylic acid groups (broad SMARTS) is 1. The normalized spacial score (nSPS) is 12.7. The van der Waals surface area contributed by atoms with E-state index in [0.29, 0.717) is 11.7 Å². The van der Waals surface area contributed by atoms with Gasteiger partial charge in [-0.2, -0.15) is 5.10 Å². The third kappa shape index (κ3) is 5.21. The zero-order valence-electron chi connectivity index (χ0n) is 11.9. The molecular weight excluding hydrogens is 244 g/mol. The Morgan fingerprint density at radius 2 is 2.16 bits per heavy atom. The first kappa shape index (κ1) is 15.4. The van der Waals surface area contributed by atoms with Gasteiger partial charge in [-0.15, -0.1) is 5.10 Å². The van der Waals surface area contributed by atoms with Crippen LogP contribution in [0.3, 0.4) is 0 Å². The molecule has 0 aliphatic carbocycles. The van der Waals surface area contributed by atoms with Gasteiger partial charge in [0.15, 0.2) is 5.82 Å². The molecule has 2 N–H and O–H groups in total. The molecule has 1 unspecified atom stereocenters. The summed E-state index contributed by atoms with van der Waals surface area (Å²) in [4.78, 5) is 13.2. The second-order valence-electron chi connectivity index (χ2n) is 5.33. The van der Waals surface area contributed by atoms with Crippen molar-refractivity contribution >= 4 is 11.8 Å². The van der Waals surface area contributed by atoms with Gasteiger partial charge in [0.25, 0.3) is 0 Å². The molecule has 19 heavy (non-hydrogen) atoms. The summed E-state index contributed by atoms with van der Waals surface area (Å²) >= 11 is 0. The summed E-state index contributed by atoms with van der Waals surface area (Å²) in [5.41, 5.74) is 0.155. The quantitative estimate of drug-likeness (QED) is 0.780. The number of anilines is 1. The van der Waals surface area contributed by atoms with Crippen LogP contribution in [0.1, 0.15) is 30.6 Å². The summed E-state index contributed by atoms with van der Waals surface area (Å²) in [5, 5.41) is 20.0. The van der Waals surface area contributed by atoms with Gasteiger partial charge in [0.2, 0.25) is 0 Å². The Balaban J connectivity index is 2.86. The lowest BCUT2D eigenvalue weighted by Gasteiger charge is -2.24. The molecule has 0 radical (unpaired) electrons. The first-order chi connectivity index (χ1) is 8.90. The molecule has 1 heterocycles. The van der Waals surface area contributed by atoms with E-state index in [-0.39, 0.29) is 11.6 Å². The van der Waals surface area contributed by atoms with Crippen LogP contribution >= 0.6 is 0 Å². The highest BCUT2D eigenvalue weighted by Gasteiger charge is 2.17. The van der Waals surface area contributed by atoms with Gasteiger partial charge in [0, 0.05) is 12.6 Å². The Labute approximate surface area is 113 Å². The van der Waals surface area contributed by atoms with Crippen molar-refractivity contribution in [1.82, 2.24) is 15.1 Å². The lowest BCUT2D eigenvalue weighted by molar-refractivity contribution is 0.0697. The summed E-state index contributed by atoms with van der Waals surface area (Å²) < 4.78 is 0. The number of carboxylic acids is 1. The van der Waals surface area contributed by atoms with Gasteiger partial charge in [-0.3, -0.25) is 0 Å². The highest BCUT2D eigenvalue weighted by Crippen LogP contribution is 2.15. The van der Waals surface area contributed by atoms with Gasteiger partial charge in [-0.1, -0.05) is 13.8 Å². The lowest BCUT2D eigenvalue weighted by Crippen LogP contribution is -2.34. The highest BCUT2D eigenvalue weighted by atomic mass is 16.4. The fourth-order valence-electron chi connectivity index (χ4n) is 1.99. The summed E-state index contributed by atoms with van der Waals surface area (Å²) in [6, 6.07) is 1.60. The van der Waals surface area contributed by atoms with Crippen LogP contribution in [0.15, 0.2) is 12.3 Å². The predicted molar refractivity (Wildman–Crippen MR) is 74.4 cm³/mol. The third-order valence-corrected chi connectivity index (χ3v) is 2.63. The van der Waals surface area contributed by atoms with Gasteiger partial charge in [-0.05, 0) is 32.5 Å². The zero-order valence-corrected chi connectivity index (χ0v) is 11.9. The van der Waals surface area contributed by atoms with E-state index in [2.05, 4.69) is 34.3 Å². The number of hydrogen-bond donors (Lipinski definition) is 2. The Morgan fingerprint density at radius 3 is 2.68 bits per heavy atom. The standard InChI is InChI=1S/C13H22N4O2/c1-9(2)7-10(8-17(3)4)15-12-11(13(18)19)5-6-14-16-12/h5-6,9-10H,7-8H2,1-4H3,(H,15,16)(H,18,19). The third-order valence-electron chi connectivity index (χ3n) is 2.63. The molecule has 106 valence electrons. The Kier molecular flexibility index (Phi) is 5.69. The summed E-state index contributed by atoms with van der Waals surface area (Å²) in [7, 11) is 3.98. The fourth-order valence-corrected chi connectivity index (χ4v) is 1.99. The van der Waals surface area contributed by atoms with Gasteiger partial charge in [0.05, 0.1) is 6.20 Å². The fraction of sp³-hybridized carbons (Fsp3) is 0.615. The van der Waals surface area contributed by atoms with Gasteiger partial charge in [0.1, 0.15) is 5.56 Å². The van der Waals surface area contributed by atoms with Crippen LogP contribution in [-0.2, 0) is 0 Å². The van der Waals surface area contributed by atoms with E-state index >= 15 is 0 Å². The summed E-state index contributed by atoms with van der Waals surface area (Å²) in [6.45, 7) is 5.09. The van der Waals surface area contributed by atoms with Gasteiger partial charge < -0.3 is 15.3 Å². The summed E-state index contributed by atoms with van der Waals surface area (Å²) in [6.07, 6.45) is 2.33. The molecule has 0 aromatic carbocycles. The van der Waals surface area contributed by atoms with Crippen LogP contribution in [-0.4, -0.2) is 52.9 Å².